The molecule has 1 aromatic heterocycles. The fraction of sp³-hybridized carbons (Fsp3) is 0.619. The average molecular weight is 466 g/mol. The fourth-order valence-electron chi connectivity index (χ4n) is 4.99. The summed E-state index contributed by atoms with van der Waals surface area (Å²) in [5.41, 5.74) is 1.37. The zero-order chi connectivity index (χ0) is 22.9. The van der Waals surface area contributed by atoms with E-state index >= 15 is 0 Å². The van der Waals surface area contributed by atoms with Crippen LogP contribution in [0.3, 0.4) is 0 Å². The van der Waals surface area contributed by atoms with Crippen molar-refractivity contribution in [3.05, 3.63) is 28.7 Å². The van der Waals surface area contributed by atoms with E-state index in [4.69, 9.17) is 4.74 Å². The third kappa shape index (κ3) is 5.06. The standard InChI is InChI=1S/C21H31N5O5S/c1-3-26(32(2,29)30)16-6-11-31-21(13-16)7-9-25(10-8-21)14-19(27)22-15-4-5-17-18(12-15)24-20(28)23-17/h4-5,12,16H,3,6-11,13-14H2,1-2H3,(H,22,27)(H2,23,24,28)/t16-/m0/s1. The smallest absolute Gasteiger partial charge is 0.323 e. The van der Waals surface area contributed by atoms with E-state index in [9.17, 15) is 18.0 Å². The number of sulfonamides is 1. The molecule has 2 saturated heterocycles. The van der Waals surface area contributed by atoms with Gasteiger partial charge in [-0.1, -0.05) is 6.92 Å². The Hall–Kier alpha value is -2.21. The molecule has 4 rings (SSSR count). The number of H-pyrrole nitrogens is 2. The van der Waals surface area contributed by atoms with E-state index in [1.807, 2.05) is 6.92 Å². The van der Waals surface area contributed by atoms with E-state index in [0.29, 0.717) is 42.7 Å². The number of aromatic amines is 2. The lowest BCUT2D eigenvalue weighted by Gasteiger charge is -2.47. The Morgan fingerprint density at radius 3 is 2.69 bits per heavy atom. The van der Waals surface area contributed by atoms with E-state index in [1.165, 1.54) is 6.26 Å². The number of hydrogen-bond acceptors (Lipinski definition) is 6. The number of nitrogens with one attached hydrogen (secondary N) is 3. The number of likely N-dealkylation sites (tertiary alicyclic amines) is 1. The number of nitrogens with zero attached hydrogens (tertiary/aromatic N) is 2. The molecule has 32 heavy (non-hydrogen) atoms. The Morgan fingerprint density at radius 1 is 1.28 bits per heavy atom. The Kier molecular flexibility index (Phi) is 6.44. The van der Waals surface area contributed by atoms with Gasteiger partial charge in [0.05, 0.1) is 29.4 Å². The zero-order valence-electron chi connectivity index (χ0n) is 18.5. The Labute approximate surface area is 187 Å². The van der Waals surface area contributed by atoms with Gasteiger partial charge in [0.2, 0.25) is 15.9 Å². The summed E-state index contributed by atoms with van der Waals surface area (Å²) in [5, 5.41) is 2.89. The molecule has 1 atom stereocenters. The van der Waals surface area contributed by atoms with E-state index < -0.39 is 10.0 Å². The highest BCUT2D eigenvalue weighted by Gasteiger charge is 2.43. The lowest BCUT2D eigenvalue weighted by Crippen LogP contribution is -2.55. The van der Waals surface area contributed by atoms with E-state index in [2.05, 4.69) is 20.2 Å². The van der Waals surface area contributed by atoms with Gasteiger partial charge in [-0.05, 0) is 43.9 Å². The molecule has 0 unspecified atom stereocenters. The van der Waals surface area contributed by atoms with E-state index in [0.717, 1.165) is 25.9 Å². The van der Waals surface area contributed by atoms with Crippen LogP contribution in [0.5, 0.6) is 0 Å². The molecule has 0 saturated carbocycles. The molecule has 1 spiro atoms. The number of fused-ring (bicyclic) bond motifs is 1. The van der Waals surface area contributed by atoms with Crippen LogP contribution >= 0.6 is 0 Å². The summed E-state index contributed by atoms with van der Waals surface area (Å²) < 4.78 is 32.0. The van der Waals surface area contributed by atoms with E-state index in [1.54, 1.807) is 22.5 Å². The van der Waals surface area contributed by atoms with Crippen LogP contribution < -0.4 is 11.0 Å². The molecule has 3 N–H and O–H groups in total. The molecule has 2 fully saturated rings. The lowest BCUT2D eigenvalue weighted by molar-refractivity contribution is -0.131. The summed E-state index contributed by atoms with van der Waals surface area (Å²) in [6.45, 7) is 4.60. The maximum atomic E-state index is 12.5. The number of rotatable bonds is 6. The van der Waals surface area contributed by atoms with Gasteiger partial charge < -0.3 is 20.0 Å². The molecule has 0 bridgehead atoms. The van der Waals surface area contributed by atoms with Gasteiger partial charge >= 0.3 is 5.69 Å². The summed E-state index contributed by atoms with van der Waals surface area (Å²) in [6, 6.07) is 5.20. The molecule has 1 amide bonds. The minimum Gasteiger partial charge on any atom is -0.375 e. The van der Waals surface area contributed by atoms with Crippen LogP contribution in [-0.2, 0) is 19.6 Å². The van der Waals surface area contributed by atoms with Crippen molar-refractivity contribution in [2.75, 3.05) is 44.4 Å². The van der Waals surface area contributed by atoms with E-state index in [-0.39, 0.29) is 29.8 Å². The quantitative estimate of drug-likeness (QED) is 0.586. The molecular formula is C21H31N5O5S. The van der Waals surface area contributed by atoms with Crippen molar-refractivity contribution < 1.29 is 17.9 Å². The monoisotopic (exact) mass is 465 g/mol. The number of benzene rings is 1. The SMILES string of the molecule is CCN([C@H]1CCOC2(CCN(CC(=O)Nc3ccc4[nH]c(=O)[nH]c4c3)CC2)C1)S(C)(=O)=O. The lowest BCUT2D eigenvalue weighted by atomic mass is 9.82. The summed E-state index contributed by atoms with van der Waals surface area (Å²) in [5.74, 6) is -0.116. The molecule has 3 heterocycles. The van der Waals surface area contributed by atoms with Gasteiger partial charge in [-0.25, -0.2) is 13.2 Å². The van der Waals surface area contributed by atoms with Crippen molar-refractivity contribution in [1.29, 1.82) is 0 Å². The number of aromatic nitrogens is 2. The van der Waals surface area contributed by atoms with Crippen molar-refractivity contribution in [2.24, 2.45) is 0 Å². The molecule has 0 radical (unpaired) electrons. The second-order valence-corrected chi connectivity index (χ2v) is 10.7. The zero-order valence-corrected chi connectivity index (χ0v) is 19.3. The fourth-order valence-corrected chi connectivity index (χ4v) is 6.18. The normalized spacial score (nSPS) is 21.9. The second kappa shape index (κ2) is 8.97. The predicted octanol–water partition coefficient (Wildman–Crippen LogP) is 1.09. The molecule has 11 heteroatoms. The Bertz CT molecular complexity index is 1130. The molecule has 2 aromatic rings. The van der Waals surface area contributed by atoms with Gasteiger partial charge in [0.25, 0.3) is 0 Å². The van der Waals surface area contributed by atoms with Crippen LogP contribution in [0.2, 0.25) is 0 Å². The molecule has 2 aliphatic heterocycles. The van der Waals surface area contributed by atoms with Crippen molar-refractivity contribution in [3.63, 3.8) is 0 Å². The Balaban J connectivity index is 1.31. The Morgan fingerprint density at radius 2 is 2.00 bits per heavy atom. The van der Waals surface area contributed by atoms with Crippen molar-refractivity contribution in [2.45, 2.75) is 44.2 Å². The largest absolute Gasteiger partial charge is 0.375 e. The minimum absolute atomic E-state index is 0.0339. The number of carbonyl (C=O) groups excluding carboxylic acids is 1. The van der Waals surface area contributed by atoms with Gasteiger partial charge in [-0.2, -0.15) is 4.31 Å². The van der Waals surface area contributed by atoms with Crippen molar-refractivity contribution in [3.8, 4) is 0 Å². The highest BCUT2D eigenvalue weighted by atomic mass is 32.2. The van der Waals surface area contributed by atoms with Gasteiger partial charge in [-0.3, -0.25) is 9.69 Å². The van der Waals surface area contributed by atoms with Crippen LogP contribution in [0.25, 0.3) is 11.0 Å². The second-order valence-electron chi connectivity index (χ2n) is 8.81. The average Bonchev–Trinajstić information content (AvgIpc) is 3.09. The number of anilines is 1. The molecule has 2 aliphatic rings. The number of carbonyl (C=O) groups is 1. The first kappa shape index (κ1) is 23.0. The number of amides is 1. The molecule has 0 aliphatic carbocycles. The van der Waals surface area contributed by atoms with Crippen LogP contribution in [-0.4, -0.2) is 84.2 Å². The van der Waals surface area contributed by atoms with Gasteiger partial charge in [0.1, 0.15) is 0 Å². The number of ether oxygens (including phenoxy) is 1. The van der Waals surface area contributed by atoms with Crippen LogP contribution in [0.15, 0.2) is 23.0 Å². The predicted molar refractivity (Wildman–Crippen MR) is 122 cm³/mol. The number of imidazole rings is 1. The molecular weight excluding hydrogens is 434 g/mol. The maximum Gasteiger partial charge on any atom is 0.323 e. The van der Waals surface area contributed by atoms with Crippen molar-refractivity contribution in [1.82, 2.24) is 19.2 Å². The van der Waals surface area contributed by atoms with Crippen LogP contribution in [0, 0.1) is 0 Å². The highest BCUT2D eigenvalue weighted by molar-refractivity contribution is 7.88. The van der Waals surface area contributed by atoms with Crippen LogP contribution in [0.1, 0.15) is 32.6 Å². The topological polar surface area (TPSA) is 128 Å². The van der Waals surface area contributed by atoms with Crippen molar-refractivity contribution >= 4 is 32.7 Å². The molecule has 10 nitrogen and oxygen atoms in total. The third-order valence-electron chi connectivity index (χ3n) is 6.55. The molecule has 1 aromatic carbocycles. The minimum atomic E-state index is -3.25. The first-order valence-electron chi connectivity index (χ1n) is 11.0. The van der Waals surface area contributed by atoms with Crippen LogP contribution in [0.4, 0.5) is 5.69 Å². The number of piperidine rings is 1. The summed E-state index contributed by atoms with van der Waals surface area (Å²) >= 11 is 0. The highest BCUT2D eigenvalue weighted by Crippen LogP contribution is 2.37. The summed E-state index contributed by atoms with van der Waals surface area (Å²) in [7, 11) is -3.25. The maximum absolute atomic E-state index is 12.5. The number of hydrogen-bond donors (Lipinski definition) is 3. The first-order chi connectivity index (χ1) is 15.2. The van der Waals surface area contributed by atoms with Gasteiger partial charge in [0.15, 0.2) is 0 Å². The first-order valence-corrected chi connectivity index (χ1v) is 12.9. The third-order valence-corrected chi connectivity index (χ3v) is 7.95. The molecule has 176 valence electrons. The van der Waals surface area contributed by atoms with Gasteiger partial charge in [0, 0.05) is 38.0 Å². The summed E-state index contributed by atoms with van der Waals surface area (Å²) in [4.78, 5) is 31.4. The summed E-state index contributed by atoms with van der Waals surface area (Å²) in [6.07, 6.45) is 4.23. The van der Waals surface area contributed by atoms with Gasteiger partial charge in [-0.15, -0.1) is 0 Å².